The summed E-state index contributed by atoms with van der Waals surface area (Å²) in [6, 6.07) is 5.45. The highest BCUT2D eigenvalue weighted by atomic mass is 16.1. The average Bonchev–Trinajstić information content (AvgIpc) is 2.34. The van der Waals surface area contributed by atoms with Crippen LogP contribution in [0.4, 0.5) is 5.69 Å². The molecule has 0 aliphatic carbocycles. The van der Waals surface area contributed by atoms with E-state index in [1.54, 1.807) is 0 Å². The lowest BCUT2D eigenvalue weighted by atomic mass is 9.80. The summed E-state index contributed by atoms with van der Waals surface area (Å²) in [7, 11) is 0. The van der Waals surface area contributed by atoms with Crippen LogP contribution in [0.2, 0.25) is 0 Å². The van der Waals surface area contributed by atoms with Gasteiger partial charge in [-0.1, -0.05) is 17.2 Å². The first-order chi connectivity index (χ1) is 9.38. The third kappa shape index (κ3) is 2.90. The van der Waals surface area contributed by atoms with Crippen molar-refractivity contribution in [2.24, 2.45) is 11.7 Å². The van der Waals surface area contributed by atoms with Crippen LogP contribution in [0.5, 0.6) is 0 Å². The second-order valence-electron chi connectivity index (χ2n) is 5.60. The van der Waals surface area contributed by atoms with Crippen molar-refractivity contribution in [3.8, 4) is 0 Å². The van der Waals surface area contributed by atoms with Crippen LogP contribution in [0.1, 0.15) is 35.7 Å². The number of anilines is 1. The van der Waals surface area contributed by atoms with Gasteiger partial charge in [0.1, 0.15) is 0 Å². The van der Waals surface area contributed by atoms with E-state index in [0.717, 1.165) is 16.8 Å². The molecule has 0 bridgehead atoms. The number of rotatable bonds is 4. The van der Waals surface area contributed by atoms with Gasteiger partial charge >= 0.3 is 0 Å². The molecule has 20 heavy (non-hydrogen) atoms. The van der Waals surface area contributed by atoms with E-state index in [1.165, 1.54) is 0 Å². The Bertz CT molecular complexity index is 578. The Balaban J connectivity index is 2.39. The molecule has 1 aromatic rings. The minimum Gasteiger partial charge on any atom is -0.380 e. The number of nitrogens with two attached hydrogens (primary N) is 1. The summed E-state index contributed by atoms with van der Waals surface area (Å²) in [5, 5.41) is 3.28. The van der Waals surface area contributed by atoms with Gasteiger partial charge in [0.15, 0.2) is 5.78 Å². The summed E-state index contributed by atoms with van der Waals surface area (Å²) < 4.78 is 0. The van der Waals surface area contributed by atoms with Gasteiger partial charge in [0.05, 0.1) is 0 Å². The molecule has 0 spiro atoms. The SMILES string of the molecule is C=C(C)CC1C(=O)c2cc(C)ccc2NC1CC(N)=O. The quantitative estimate of drug-likeness (QED) is 0.827. The van der Waals surface area contributed by atoms with E-state index < -0.39 is 5.91 Å². The first kappa shape index (κ1) is 14.3. The molecule has 106 valence electrons. The first-order valence-electron chi connectivity index (χ1n) is 6.72. The van der Waals surface area contributed by atoms with Crippen LogP contribution >= 0.6 is 0 Å². The Morgan fingerprint density at radius 1 is 1.40 bits per heavy atom. The van der Waals surface area contributed by atoms with Crippen LogP contribution < -0.4 is 11.1 Å². The van der Waals surface area contributed by atoms with Crippen LogP contribution in [0, 0.1) is 12.8 Å². The molecule has 1 aliphatic rings. The van der Waals surface area contributed by atoms with E-state index in [2.05, 4.69) is 11.9 Å². The van der Waals surface area contributed by atoms with Crippen molar-refractivity contribution in [2.75, 3.05) is 5.32 Å². The van der Waals surface area contributed by atoms with Crippen LogP contribution in [-0.2, 0) is 4.79 Å². The maximum Gasteiger partial charge on any atom is 0.219 e. The standard InChI is InChI=1S/C16H20N2O2/c1-9(2)6-11-14(8-15(17)19)18-13-5-4-10(3)7-12(13)16(11)20/h4-5,7,11,14,18H,1,6,8H2,2-3H3,(H2,17,19). The number of ketones is 1. The van der Waals surface area contributed by atoms with Gasteiger partial charge in [0.25, 0.3) is 0 Å². The van der Waals surface area contributed by atoms with Gasteiger partial charge in [-0.25, -0.2) is 0 Å². The molecule has 0 saturated heterocycles. The molecule has 0 saturated carbocycles. The number of benzene rings is 1. The van der Waals surface area contributed by atoms with Crippen LogP contribution in [0.3, 0.4) is 0 Å². The van der Waals surface area contributed by atoms with E-state index >= 15 is 0 Å². The smallest absolute Gasteiger partial charge is 0.219 e. The molecule has 3 N–H and O–H groups in total. The average molecular weight is 272 g/mol. The highest BCUT2D eigenvalue weighted by Crippen LogP contribution is 2.33. The van der Waals surface area contributed by atoms with Crippen LogP contribution in [0.25, 0.3) is 0 Å². The number of hydrogen-bond donors (Lipinski definition) is 2. The molecule has 4 heteroatoms. The van der Waals surface area contributed by atoms with Gasteiger partial charge in [0.2, 0.25) is 5.91 Å². The number of nitrogens with one attached hydrogen (secondary N) is 1. The molecule has 1 heterocycles. The van der Waals surface area contributed by atoms with Gasteiger partial charge in [0, 0.05) is 29.6 Å². The monoisotopic (exact) mass is 272 g/mol. The molecule has 2 unspecified atom stereocenters. The number of allylic oxidation sites excluding steroid dienone is 1. The fraction of sp³-hybridized carbons (Fsp3) is 0.375. The second kappa shape index (κ2) is 5.49. The van der Waals surface area contributed by atoms with Crippen LogP contribution in [-0.4, -0.2) is 17.7 Å². The minimum atomic E-state index is -0.405. The molecule has 4 nitrogen and oxygen atoms in total. The largest absolute Gasteiger partial charge is 0.380 e. The summed E-state index contributed by atoms with van der Waals surface area (Å²) in [6.07, 6.45) is 0.716. The molecule has 0 fully saturated rings. The van der Waals surface area contributed by atoms with E-state index in [9.17, 15) is 9.59 Å². The molecule has 2 atom stereocenters. The number of primary amides is 1. The Morgan fingerprint density at radius 2 is 2.10 bits per heavy atom. The number of carbonyl (C=O) groups is 2. The van der Waals surface area contributed by atoms with Gasteiger partial charge in [-0.05, 0) is 32.4 Å². The Morgan fingerprint density at radius 3 is 2.70 bits per heavy atom. The molecule has 1 aromatic carbocycles. The second-order valence-corrected chi connectivity index (χ2v) is 5.60. The van der Waals surface area contributed by atoms with Crippen molar-refractivity contribution in [1.29, 1.82) is 0 Å². The van der Waals surface area contributed by atoms with E-state index in [4.69, 9.17) is 5.73 Å². The normalized spacial score (nSPS) is 21.0. The van der Waals surface area contributed by atoms with Crippen molar-refractivity contribution in [1.82, 2.24) is 0 Å². The maximum atomic E-state index is 12.7. The minimum absolute atomic E-state index is 0.0664. The summed E-state index contributed by atoms with van der Waals surface area (Å²) >= 11 is 0. The third-order valence-corrected chi connectivity index (χ3v) is 3.59. The number of amides is 1. The molecular formula is C16H20N2O2. The van der Waals surface area contributed by atoms with Crippen molar-refractivity contribution in [3.63, 3.8) is 0 Å². The third-order valence-electron chi connectivity index (χ3n) is 3.59. The summed E-state index contributed by atoms with van der Waals surface area (Å²) in [5.41, 5.74) is 8.74. The number of fused-ring (bicyclic) bond motifs is 1. The zero-order chi connectivity index (χ0) is 14.9. The number of hydrogen-bond acceptors (Lipinski definition) is 3. The highest BCUT2D eigenvalue weighted by Gasteiger charge is 2.35. The Labute approximate surface area is 119 Å². The topological polar surface area (TPSA) is 72.2 Å². The molecule has 2 rings (SSSR count). The zero-order valence-corrected chi connectivity index (χ0v) is 11.9. The first-order valence-corrected chi connectivity index (χ1v) is 6.72. The molecule has 1 aliphatic heterocycles. The number of Topliss-reactive ketones (excluding diaryl/α,β-unsaturated/α-hetero) is 1. The van der Waals surface area contributed by atoms with Crippen molar-refractivity contribution >= 4 is 17.4 Å². The van der Waals surface area contributed by atoms with E-state index in [1.807, 2.05) is 32.0 Å². The number of carbonyl (C=O) groups excluding carboxylic acids is 2. The predicted octanol–water partition coefficient (Wildman–Crippen LogP) is 2.43. The molecule has 1 amide bonds. The lowest BCUT2D eigenvalue weighted by Gasteiger charge is -2.33. The summed E-state index contributed by atoms with van der Waals surface area (Å²) in [5.74, 6) is -0.622. The lowest BCUT2D eigenvalue weighted by Crippen LogP contribution is -2.42. The Kier molecular flexibility index (Phi) is 3.93. The van der Waals surface area contributed by atoms with Crippen molar-refractivity contribution in [2.45, 2.75) is 32.7 Å². The van der Waals surface area contributed by atoms with Gasteiger partial charge < -0.3 is 11.1 Å². The molecule has 0 aromatic heterocycles. The molecule has 0 radical (unpaired) electrons. The summed E-state index contributed by atoms with van der Waals surface area (Å²) in [4.78, 5) is 23.9. The maximum absolute atomic E-state index is 12.7. The Hall–Kier alpha value is -2.10. The fourth-order valence-electron chi connectivity index (χ4n) is 2.69. The van der Waals surface area contributed by atoms with Gasteiger partial charge in [-0.2, -0.15) is 0 Å². The van der Waals surface area contributed by atoms with Gasteiger partial charge in [-0.15, -0.1) is 6.58 Å². The van der Waals surface area contributed by atoms with E-state index in [0.29, 0.717) is 12.0 Å². The predicted molar refractivity (Wildman–Crippen MR) is 79.7 cm³/mol. The van der Waals surface area contributed by atoms with E-state index in [-0.39, 0.29) is 24.2 Å². The van der Waals surface area contributed by atoms with Crippen molar-refractivity contribution in [3.05, 3.63) is 41.5 Å². The fourth-order valence-corrected chi connectivity index (χ4v) is 2.69. The number of aryl methyl sites for hydroxylation is 1. The van der Waals surface area contributed by atoms with Crippen LogP contribution in [0.15, 0.2) is 30.4 Å². The van der Waals surface area contributed by atoms with Gasteiger partial charge in [-0.3, -0.25) is 9.59 Å². The van der Waals surface area contributed by atoms with Crippen molar-refractivity contribution < 1.29 is 9.59 Å². The lowest BCUT2D eigenvalue weighted by molar-refractivity contribution is -0.118. The zero-order valence-electron chi connectivity index (χ0n) is 11.9. The summed E-state index contributed by atoms with van der Waals surface area (Å²) in [6.45, 7) is 7.72. The molecular weight excluding hydrogens is 252 g/mol. The highest BCUT2D eigenvalue weighted by molar-refractivity contribution is 6.05.